The molecule has 1 saturated heterocycles. The Bertz CT molecular complexity index is 909. The van der Waals surface area contributed by atoms with Crippen molar-refractivity contribution in [2.24, 2.45) is 0 Å². The van der Waals surface area contributed by atoms with Crippen LogP contribution in [-0.2, 0) is 11.3 Å². The molecule has 2 amide bonds. The Kier molecular flexibility index (Phi) is 7.28. The van der Waals surface area contributed by atoms with Gasteiger partial charge in [0, 0.05) is 44.0 Å². The smallest absolute Gasteiger partial charge is 0.410 e. The van der Waals surface area contributed by atoms with Gasteiger partial charge in [0.1, 0.15) is 11.4 Å². The molecule has 3 rings (SSSR count). The minimum atomic E-state index is -0.498. The molecule has 0 radical (unpaired) electrons. The van der Waals surface area contributed by atoms with Crippen LogP contribution in [0.3, 0.4) is 0 Å². The van der Waals surface area contributed by atoms with Crippen molar-refractivity contribution in [2.45, 2.75) is 39.3 Å². The zero-order chi connectivity index (χ0) is 22.4. The molecule has 0 bridgehead atoms. The number of nitrogens with one attached hydrogen (secondary N) is 1. The molecule has 0 spiro atoms. The molecule has 1 aliphatic heterocycles. The Morgan fingerprint density at radius 2 is 1.77 bits per heavy atom. The van der Waals surface area contributed by atoms with Crippen LogP contribution in [0.1, 0.15) is 43.1 Å². The highest BCUT2D eigenvalue weighted by atomic mass is 19.1. The Hall–Kier alpha value is -2.93. The average Bonchev–Trinajstić information content (AvgIpc) is 2.93. The summed E-state index contributed by atoms with van der Waals surface area (Å²) in [5.74, 6) is -0.652. The van der Waals surface area contributed by atoms with E-state index in [0.29, 0.717) is 24.3 Å². The Labute approximate surface area is 183 Å². The van der Waals surface area contributed by atoms with E-state index < -0.39 is 5.60 Å². The van der Waals surface area contributed by atoms with Gasteiger partial charge >= 0.3 is 6.09 Å². The highest BCUT2D eigenvalue weighted by molar-refractivity contribution is 6.04. The first kappa shape index (κ1) is 22.7. The number of rotatable bonds is 4. The van der Waals surface area contributed by atoms with E-state index in [1.165, 1.54) is 24.3 Å². The van der Waals surface area contributed by atoms with Crippen LogP contribution in [-0.4, -0.2) is 53.6 Å². The van der Waals surface area contributed by atoms with Crippen LogP contribution in [0, 0.1) is 5.82 Å². The molecule has 0 unspecified atom stereocenters. The number of anilines is 1. The molecule has 1 heterocycles. The monoisotopic (exact) mass is 427 g/mol. The molecule has 0 aromatic heterocycles. The van der Waals surface area contributed by atoms with E-state index in [4.69, 9.17) is 4.74 Å². The molecule has 166 valence electrons. The van der Waals surface area contributed by atoms with Crippen molar-refractivity contribution in [2.75, 3.05) is 31.5 Å². The lowest BCUT2D eigenvalue weighted by atomic mass is 10.1. The summed E-state index contributed by atoms with van der Waals surface area (Å²) in [6, 6.07) is 13.2. The molecule has 1 fully saturated rings. The van der Waals surface area contributed by atoms with Gasteiger partial charge in [0.25, 0.3) is 5.91 Å². The minimum Gasteiger partial charge on any atom is -0.444 e. The van der Waals surface area contributed by atoms with Crippen LogP contribution in [0.15, 0.2) is 48.5 Å². The van der Waals surface area contributed by atoms with E-state index >= 15 is 0 Å². The van der Waals surface area contributed by atoms with Crippen molar-refractivity contribution in [3.05, 3.63) is 65.5 Å². The SMILES string of the molecule is CC(C)(C)OC(=O)N1CCCN(Cc2cccc(NC(=O)c3ccc(F)cc3)c2)CC1. The van der Waals surface area contributed by atoms with Gasteiger partial charge in [-0.15, -0.1) is 0 Å². The van der Waals surface area contributed by atoms with Gasteiger partial charge in [0.2, 0.25) is 0 Å². The zero-order valence-corrected chi connectivity index (χ0v) is 18.4. The van der Waals surface area contributed by atoms with Gasteiger partial charge in [0.05, 0.1) is 0 Å². The summed E-state index contributed by atoms with van der Waals surface area (Å²) in [5.41, 5.74) is 1.67. The van der Waals surface area contributed by atoms with Gasteiger partial charge in [-0.05, 0) is 69.2 Å². The Balaban J connectivity index is 1.56. The number of amides is 2. The summed E-state index contributed by atoms with van der Waals surface area (Å²) in [6.07, 6.45) is 0.611. The second-order valence-corrected chi connectivity index (χ2v) is 8.76. The minimum absolute atomic E-state index is 0.264. The zero-order valence-electron chi connectivity index (χ0n) is 18.4. The summed E-state index contributed by atoms with van der Waals surface area (Å²) >= 11 is 0. The van der Waals surface area contributed by atoms with Crippen molar-refractivity contribution >= 4 is 17.7 Å². The fourth-order valence-electron chi connectivity index (χ4n) is 3.45. The van der Waals surface area contributed by atoms with Crippen molar-refractivity contribution in [3.63, 3.8) is 0 Å². The Morgan fingerprint density at radius 1 is 1.03 bits per heavy atom. The van der Waals surface area contributed by atoms with Gasteiger partial charge < -0.3 is 15.0 Å². The maximum Gasteiger partial charge on any atom is 0.410 e. The second kappa shape index (κ2) is 9.92. The van der Waals surface area contributed by atoms with Gasteiger partial charge in [0.15, 0.2) is 0 Å². The van der Waals surface area contributed by atoms with E-state index in [9.17, 15) is 14.0 Å². The van der Waals surface area contributed by atoms with Crippen molar-refractivity contribution in [1.29, 1.82) is 0 Å². The fraction of sp³-hybridized carbons (Fsp3) is 0.417. The highest BCUT2D eigenvalue weighted by Gasteiger charge is 2.24. The number of hydrogen-bond acceptors (Lipinski definition) is 4. The summed E-state index contributed by atoms with van der Waals surface area (Å²) in [4.78, 5) is 28.8. The number of ether oxygens (including phenoxy) is 1. The number of benzene rings is 2. The van der Waals surface area contributed by atoms with Crippen molar-refractivity contribution < 1.29 is 18.7 Å². The molecule has 7 heteroatoms. The summed E-state index contributed by atoms with van der Waals surface area (Å²) in [5, 5.41) is 2.86. The largest absolute Gasteiger partial charge is 0.444 e. The number of halogens is 1. The first-order valence-corrected chi connectivity index (χ1v) is 10.6. The summed E-state index contributed by atoms with van der Waals surface area (Å²) in [7, 11) is 0. The number of hydrogen-bond donors (Lipinski definition) is 1. The van der Waals surface area contributed by atoms with Crippen LogP contribution < -0.4 is 5.32 Å². The van der Waals surface area contributed by atoms with E-state index in [1.807, 2.05) is 45.0 Å². The third-order valence-corrected chi connectivity index (χ3v) is 4.94. The van der Waals surface area contributed by atoms with Crippen LogP contribution in [0.4, 0.5) is 14.9 Å². The standard InChI is InChI=1S/C24H30FN3O3/c1-24(2,3)31-23(30)28-13-5-12-27(14-15-28)17-18-6-4-7-21(16-18)26-22(29)19-8-10-20(25)11-9-19/h4,6-11,16H,5,12-15,17H2,1-3H3,(H,26,29). The van der Waals surface area contributed by atoms with E-state index in [0.717, 1.165) is 31.6 Å². The van der Waals surface area contributed by atoms with Gasteiger partial charge in [-0.25, -0.2) is 9.18 Å². The first-order chi connectivity index (χ1) is 14.7. The lowest BCUT2D eigenvalue weighted by Crippen LogP contribution is -2.39. The molecular weight excluding hydrogens is 397 g/mol. The average molecular weight is 428 g/mol. The van der Waals surface area contributed by atoms with Crippen molar-refractivity contribution in [3.8, 4) is 0 Å². The molecule has 2 aromatic carbocycles. The van der Waals surface area contributed by atoms with Gasteiger partial charge in [-0.1, -0.05) is 12.1 Å². The number of carbonyl (C=O) groups is 2. The van der Waals surface area contributed by atoms with Crippen LogP contribution >= 0.6 is 0 Å². The molecule has 2 aromatic rings. The lowest BCUT2D eigenvalue weighted by Gasteiger charge is -2.26. The second-order valence-electron chi connectivity index (χ2n) is 8.76. The Morgan fingerprint density at radius 3 is 2.48 bits per heavy atom. The topological polar surface area (TPSA) is 61.9 Å². The molecular formula is C24H30FN3O3. The van der Waals surface area contributed by atoms with Gasteiger partial charge in [-0.3, -0.25) is 9.69 Å². The third kappa shape index (κ3) is 7.07. The lowest BCUT2D eigenvalue weighted by molar-refractivity contribution is 0.0257. The molecule has 6 nitrogen and oxygen atoms in total. The van der Waals surface area contributed by atoms with Gasteiger partial charge in [-0.2, -0.15) is 0 Å². The summed E-state index contributed by atoms with van der Waals surface area (Å²) in [6.45, 7) is 9.28. The van der Waals surface area contributed by atoms with Crippen molar-refractivity contribution in [1.82, 2.24) is 9.80 Å². The van der Waals surface area contributed by atoms with E-state index in [-0.39, 0.29) is 17.8 Å². The first-order valence-electron chi connectivity index (χ1n) is 10.6. The summed E-state index contributed by atoms with van der Waals surface area (Å²) < 4.78 is 18.5. The molecule has 0 aliphatic carbocycles. The van der Waals surface area contributed by atoms with Crippen LogP contribution in [0.2, 0.25) is 0 Å². The van der Waals surface area contributed by atoms with Crippen LogP contribution in [0.5, 0.6) is 0 Å². The van der Waals surface area contributed by atoms with Crippen LogP contribution in [0.25, 0.3) is 0 Å². The fourth-order valence-corrected chi connectivity index (χ4v) is 3.45. The normalized spacial score (nSPS) is 15.3. The predicted octanol–water partition coefficient (Wildman–Crippen LogP) is 4.52. The highest BCUT2D eigenvalue weighted by Crippen LogP contribution is 2.17. The number of carbonyl (C=O) groups excluding carboxylic acids is 2. The predicted molar refractivity (Wildman–Crippen MR) is 118 cm³/mol. The molecule has 1 aliphatic rings. The van der Waals surface area contributed by atoms with E-state index in [1.54, 1.807) is 4.90 Å². The maximum absolute atomic E-state index is 13.1. The van der Waals surface area contributed by atoms with E-state index in [2.05, 4.69) is 10.2 Å². The third-order valence-electron chi connectivity index (χ3n) is 4.94. The molecule has 0 atom stereocenters. The quantitative estimate of drug-likeness (QED) is 0.779. The molecule has 1 N–H and O–H groups in total. The molecule has 0 saturated carbocycles. The number of nitrogens with zero attached hydrogens (tertiary/aromatic N) is 2. The molecule has 31 heavy (non-hydrogen) atoms. The maximum atomic E-state index is 13.1.